The third-order valence-corrected chi connectivity index (χ3v) is 15.6. The van der Waals surface area contributed by atoms with Crippen LogP contribution in [-0.2, 0) is 14.4 Å². The minimum absolute atomic E-state index is 0.340. The Labute approximate surface area is 587 Å². The molecule has 15 N–H and O–H groups in total. The molecule has 0 fully saturated rings. The largest absolute Gasteiger partial charge is 0.481 e. The van der Waals surface area contributed by atoms with Gasteiger partial charge in [-0.3, -0.25) is 14.4 Å². The van der Waals surface area contributed by atoms with Gasteiger partial charge in [0.1, 0.15) is 24.4 Å². The van der Waals surface area contributed by atoms with Crippen LogP contribution in [-0.4, -0.2) is 172 Å². The molecule has 0 radical (unpaired) electrons. The van der Waals surface area contributed by atoms with E-state index in [4.69, 9.17) is 76.6 Å². The van der Waals surface area contributed by atoms with Crippen molar-refractivity contribution in [2.75, 3.05) is 52.9 Å². The molecule has 0 heterocycles. The topological polar surface area (TPSA) is 355 Å². The van der Waals surface area contributed by atoms with E-state index in [1.165, 1.54) is 289 Å². The van der Waals surface area contributed by atoms with E-state index in [-0.39, 0.29) is 52.9 Å². The van der Waals surface area contributed by atoms with E-state index in [9.17, 15) is 14.4 Å². The molecule has 0 unspecified atom stereocenters. The van der Waals surface area contributed by atoms with E-state index in [1.807, 2.05) is 0 Å². The molecule has 0 atom stereocenters. The van der Waals surface area contributed by atoms with Gasteiger partial charge in [0.2, 0.25) is 0 Å². The first-order chi connectivity index (χ1) is 46.5. The van der Waals surface area contributed by atoms with Crippen LogP contribution < -0.4 is 0 Å². The molecule has 578 valence electrons. The van der Waals surface area contributed by atoms with Gasteiger partial charge in [-0.2, -0.15) is 0 Å². The summed E-state index contributed by atoms with van der Waals surface area (Å²) in [5.41, 5.74) is 0. The van der Waals surface area contributed by atoms with Crippen molar-refractivity contribution in [1.29, 1.82) is 0 Å². The van der Waals surface area contributed by atoms with Gasteiger partial charge in [0.15, 0.2) is 0 Å². The normalized spacial score (nSPS) is 11.0. The van der Waals surface area contributed by atoms with Gasteiger partial charge >= 0.3 is 17.9 Å². The molecule has 0 aliphatic heterocycles. The summed E-state index contributed by atoms with van der Waals surface area (Å²) in [6.07, 6.45) is 77.6. The standard InChI is InChI=1S/3C22H42O2.4C3H8O3/c3*1-2-3-4-5-6-7-8-9-10-11-12-13-14-15-16-17-18-19-20-21-22(23)24;4*4-1-3(6)2-5/h3*9-10H,2-8,11-21H2,1H3,(H,23,24);4*3-6H,1-2H2/b3*10-9-;;;;. The van der Waals surface area contributed by atoms with Gasteiger partial charge in [0.25, 0.3) is 0 Å². The summed E-state index contributed by atoms with van der Waals surface area (Å²) in [5.74, 6) is -1.97. The van der Waals surface area contributed by atoms with Gasteiger partial charge < -0.3 is 76.6 Å². The zero-order valence-corrected chi connectivity index (χ0v) is 62.0. The van der Waals surface area contributed by atoms with Gasteiger partial charge in [-0.1, -0.05) is 288 Å². The zero-order valence-electron chi connectivity index (χ0n) is 62.0. The number of carbonyl (C=O) groups is 3. The maximum atomic E-state index is 10.4. The molecule has 0 rings (SSSR count). The smallest absolute Gasteiger partial charge is 0.303 e. The Balaban J connectivity index is -0.000000210. The first-order valence-electron chi connectivity index (χ1n) is 38.7. The summed E-state index contributed by atoms with van der Waals surface area (Å²) >= 11 is 0. The number of allylic oxidation sites excluding steroid dienone is 6. The molecular formula is C78H158O18. The van der Waals surface area contributed by atoms with Crippen molar-refractivity contribution in [3.05, 3.63) is 36.5 Å². The second-order valence-electron chi connectivity index (χ2n) is 25.5. The number of carboxylic acid groups (broad SMARTS) is 3. The molecule has 0 bridgehead atoms. The molecule has 0 saturated heterocycles. The fourth-order valence-electron chi connectivity index (χ4n) is 9.39. The van der Waals surface area contributed by atoms with Gasteiger partial charge in [-0.25, -0.2) is 0 Å². The van der Waals surface area contributed by atoms with E-state index < -0.39 is 42.3 Å². The fraction of sp³-hybridized carbons (Fsp3) is 0.885. The van der Waals surface area contributed by atoms with Crippen LogP contribution >= 0.6 is 0 Å². The lowest BCUT2D eigenvalue weighted by atomic mass is 10.1. The van der Waals surface area contributed by atoms with Crippen LogP contribution in [0.15, 0.2) is 36.5 Å². The number of hydrogen-bond donors (Lipinski definition) is 15. The molecule has 0 amide bonds. The second-order valence-corrected chi connectivity index (χ2v) is 25.5. The SMILES string of the molecule is CCCCCCCC/C=C\CCCCCCCCCCCC(=O)O.CCCCCCCC/C=C\CCCCCCCCCCCC(=O)O.CCCCCCCC/C=C\CCCCCCCCCCCC(=O)O.OCC(O)CO.OCC(O)CO.OCC(O)CO.OCC(O)CO. The van der Waals surface area contributed by atoms with E-state index in [0.29, 0.717) is 19.3 Å². The van der Waals surface area contributed by atoms with Crippen LogP contribution in [0.1, 0.15) is 367 Å². The lowest BCUT2D eigenvalue weighted by molar-refractivity contribution is -0.138. The highest BCUT2D eigenvalue weighted by Crippen LogP contribution is 2.16. The Hall–Kier alpha value is -2.85. The highest BCUT2D eigenvalue weighted by Gasteiger charge is 2.02. The maximum absolute atomic E-state index is 10.4. The van der Waals surface area contributed by atoms with E-state index in [2.05, 4.69) is 57.2 Å². The van der Waals surface area contributed by atoms with Crippen molar-refractivity contribution in [3.63, 3.8) is 0 Å². The molecule has 0 aromatic carbocycles. The van der Waals surface area contributed by atoms with Gasteiger partial charge in [0.05, 0.1) is 52.9 Å². The number of rotatable bonds is 65. The fourth-order valence-corrected chi connectivity index (χ4v) is 9.39. The molecule has 0 aliphatic rings. The molecule has 0 aromatic rings. The van der Waals surface area contributed by atoms with Crippen molar-refractivity contribution in [2.45, 2.75) is 392 Å². The van der Waals surface area contributed by atoms with Crippen LogP contribution in [0.25, 0.3) is 0 Å². The molecule has 0 aliphatic carbocycles. The summed E-state index contributed by atoms with van der Waals surface area (Å²) in [4.78, 5) is 31.1. The van der Waals surface area contributed by atoms with Crippen LogP contribution in [0.3, 0.4) is 0 Å². The van der Waals surface area contributed by atoms with Crippen LogP contribution in [0.2, 0.25) is 0 Å². The lowest BCUT2D eigenvalue weighted by Crippen LogP contribution is -2.15. The van der Waals surface area contributed by atoms with E-state index in [0.717, 1.165) is 38.5 Å². The number of unbranched alkanes of at least 4 members (excludes halogenated alkanes) is 45. The molecule has 0 spiro atoms. The second kappa shape index (κ2) is 103. The molecular weight excluding hydrogens is 1220 g/mol. The van der Waals surface area contributed by atoms with Gasteiger partial charge in [-0.05, 0) is 96.3 Å². The lowest BCUT2D eigenvalue weighted by Gasteiger charge is -2.01. The van der Waals surface area contributed by atoms with E-state index in [1.54, 1.807) is 0 Å². The highest BCUT2D eigenvalue weighted by atomic mass is 16.4. The predicted octanol–water partition coefficient (Wildman–Crippen LogP) is 16.3. The average Bonchev–Trinajstić information content (AvgIpc) is 3.61. The van der Waals surface area contributed by atoms with Crippen molar-refractivity contribution in [2.24, 2.45) is 0 Å². The van der Waals surface area contributed by atoms with Crippen LogP contribution in [0.4, 0.5) is 0 Å². The quantitative estimate of drug-likeness (QED) is 0.0199. The minimum atomic E-state index is -0.954. The number of hydrogen-bond acceptors (Lipinski definition) is 15. The number of aliphatic hydroxyl groups is 12. The zero-order chi connectivity index (χ0) is 73.1. The maximum Gasteiger partial charge on any atom is 0.303 e. The van der Waals surface area contributed by atoms with Crippen molar-refractivity contribution in [1.82, 2.24) is 0 Å². The van der Waals surface area contributed by atoms with Crippen molar-refractivity contribution in [3.8, 4) is 0 Å². The van der Waals surface area contributed by atoms with E-state index >= 15 is 0 Å². The summed E-state index contributed by atoms with van der Waals surface area (Å²) in [6.45, 7) is 3.90. The number of aliphatic hydroxyl groups excluding tert-OH is 12. The molecule has 18 nitrogen and oxygen atoms in total. The number of aliphatic carboxylic acids is 3. The Kier molecular flexibility index (Phi) is 115. The summed E-state index contributed by atoms with van der Waals surface area (Å²) in [6, 6.07) is 0. The van der Waals surface area contributed by atoms with Crippen molar-refractivity contribution < 1.29 is 91.0 Å². The molecule has 96 heavy (non-hydrogen) atoms. The first kappa shape index (κ1) is 107. The van der Waals surface area contributed by atoms with Gasteiger partial charge in [-0.15, -0.1) is 0 Å². The van der Waals surface area contributed by atoms with Crippen molar-refractivity contribution >= 4 is 17.9 Å². The molecule has 0 saturated carbocycles. The minimum Gasteiger partial charge on any atom is -0.481 e. The van der Waals surface area contributed by atoms with Crippen LogP contribution in [0, 0.1) is 0 Å². The average molecular weight is 1380 g/mol. The Morgan fingerprint density at radius 3 is 0.427 bits per heavy atom. The Morgan fingerprint density at radius 2 is 0.323 bits per heavy atom. The summed E-state index contributed by atoms with van der Waals surface area (Å²) in [5, 5.41) is 122. The summed E-state index contributed by atoms with van der Waals surface area (Å²) in [7, 11) is 0. The summed E-state index contributed by atoms with van der Waals surface area (Å²) < 4.78 is 0. The highest BCUT2D eigenvalue weighted by molar-refractivity contribution is 5.67. The Morgan fingerprint density at radius 1 is 0.208 bits per heavy atom. The Bertz CT molecular complexity index is 1290. The van der Waals surface area contributed by atoms with Gasteiger partial charge in [0, 0.05) is 19.3 Å². The molecule has 18 heteroatoms. The first-order valence-corrected chi connectivity index (χ1v) is 38.7. The number of carboxylic acids is 3. The third-order valence-electron chi connectivity index (χ3n) is 15.6. The van der Waals surface area contributed by atoms with Crippen LogP contribution in [0.5, 0.6) is 0 Å². The predicted molar refractivity (Wildman–Crippen MR) is 397 cm³/mol. The third kappa shape index (κ3) is 128. The molecule has 0 aromatic heterocycles. The monoisotopic (exact) mass is 1380 g/mol.